The number of hydrogen-bond acceptors (Lipinski definition) is 4. The number of nitrogens with zero attached hydrogens (tertiary/aromatic N) is 2. The summed E-state index contributed by atoms with van der Waals surface area (Å²) in [6, 6.07) is 0. The van der Waals surface area contributed by atoms with E-state index in [9.17, 15) is 8.42 Å². The molecule has 0 aliphatic heterocycles. The zero-order valence-electron chi connectivity index (χ0n) is 9.06. The smallest absolute Gasteiger partial charge is 0.263 e. The number of aromatic nitrogens is 2. The first-order valence-electron chi connectivity index (χ1n) is 4.49. The second-order valence-electron chi connectivity index (χ2n) is 3.26. The highest BCUT2D eigenvalue weighted by atomic mass is 32.2. The first kappa shape index (κ1) is 12.7. The van der Waals surface area contributed by atoms with E-state index in [-0.39, 0.29) is 23.7 Å². The van der Waals surface area contributed by atoms with Crippen LogP contribution in [0.15, 0.2) is 5.03 Å². The maximum atomic E-state index is 12.0. The Hall–Kier alpha value is -1.36. The van der Waals surface area contributed by atoms with Gasteiger partial charge in [0.05, 0.1) is 13.2 Å². The highest BCUT2D eigenvalue weighted by Gasteiger charge is 2.27. The second-order valence-corrected chi connectivity index (χ2v) is 5.22. The summed E-state index contributed by atoms with van der Waals surface area (Å²) in [4.78, 5) is 0. The molecule has 0 spiro atoms. The number of nitrogens with one attached hydrogen (secondary N) is 1. The highest BCUT2D eigenvalue weighted by molar-refractivity contribution is 7.89. The number of rotatable bonds is 4. The molecule has 0 bridgehead atoms. The number of H-pyrrole nitrogens is 1. The van der Waals surface area contributed by atoms with Gasteiger partial charge < -0.3 is 5.11 Å². The predicted molar refractivity (Wildman–Crippen MR) is 57.9 cm³/mol. The van der Waals surface area contributed by atoms with E-state index in [1.807, 2.05) is 0 Å². The van der Waals surface area contributed by atoms with Gasteiger partial charge >= 0.3 is 0 Å². The second kappa shape index (κ2) is 4.65. The van der Waals surface area contributed by atoms with Crippen molar-refractivity contribution in [2.75, 3.05) is 13.6 Å². The van der Waals surface area contributed by atoms with Crippen LogP contribution >= 0.6 is 0 Å². The van der Waals surface area contributed by atoms with Crippen molar-refractivity contribution in [1.29, 1.82) is 0 Å². The van der Waals surface area contributed by atoms with Crippen molar-refractivity contribution in [2.45, 2.75) is 18.6 Å². The number of terminal acetylenes is 1. The first-order chi connectivity index (χ1) is 7.45. The average Bonchev–Trinajstić information content (AvgIpc) is 2.60. The van der Waals surface area contributed by atoms with Crippen LogP contribution in [-0.2, 0) is 16.6 Å². The Morgan fingerprint density at radius 1 is 1.62 bits per heavy atom. The van der Waals surface area contributed by atoms with E-state index in [2.05, 4.69) is 16.1 Å². The van der Waals surface area contributed by atoms with Gasteiger partial charge in [-0.25, -0.2) is 8.42 Å². The quantitative estimate of drug-likeness (QED) is 0.696. The number of aliphatic hydroxyl groups excluding tert-OH is 1. The highest BCUT2D eigenvalue weighted by Crippen LogP contribution is 2.19. The predicted octanol–water partition coefficient (Wildman–Crippen LogP) is -0.536. The summed E-state index contributed by atoms with van der Waals surface area (Å²) >= 11 is 0. The summed E-state index contributed by atoms with van der Waals surface area (Å²) in [5, 5.41) is 15.1. The zero-order valence-corrected chi connectivity index (χ0v) is 9.87. The van der Waals surface area contributed by atoms with E-state index in [1.165, 1.54) is 7.05 Å². The van der Waals surface area contributed by atoms with Gasteiger partial charge in [0.1, 0.15) is 0 Å². The standard InChI is InChI=1S/C9H13N3O3S/c1-4-5-12(3)16(14,15)9-8(6-13)7(2)10-11-9/h1,13H,5-6H2,2-3H3,(H,10,11). The molecule has 0 aromatic carbocycles. The van der Waals surface area contributed by atoms with Gasteiger partial charge in [-0.2, -0.15) is 9.40 Å². The Balaban J connectivity index is 3.23. The minimum absolute atomic E-state index is 0.0426. The van der Waals surface area contributed by atoms with E-state index < -0.39 is 10.0 Å². The molecular weight excluding hydrogens is 230 g/mol. The minimum atomic E-state index is -3.73. The Morgan fingerprint density at radius 2 is 2.25 bits per heavy atom. The Labute approximate surface area is 94.3 Å². The molecule has 6 nitrogen and oxygen atoms in total. The van der Waals surface area contributed by atoms with Crippen LogP contribution in [0.3, 0.4) is 0 Å². The summed E-state index contributed by atoms with van der Waals surface area (Å²) in [7, 11) is -2.37. The Kier molecular flexibility index (Phi) is 3.70. The molecule has 1 rings (SSSR count). The third kappa shape index (κ3) is 2.09. The fourth-order valence-electron chi connectivity index (χ4n) is 1.19. The average molecular weight is 243 g/mol. The normalized spacial score (nSPS) is 11.7. The molecule has 0 aliphatic carbocycles. The molecule has 1 heterocycles. The Morgan fingerprint density at radius 3 is 2.75 bits per heavy atom. The van der Waals surface area contributed by atoms with Crippen molar-refractivity contribution >= 4 is 10.0 Å². The molecule has 0 radical (unpaired) electrons. The Bertz CT molecular complexity index is 513. The molecule has 1 aromatic heterocycles. The number of aryl methyl sites for hydroxylation is 1. The molecular formula is C9H13N3O3S. The molecule has 0 saturated heterocycles. The van der Waals surface area contributed by atoms with Crippen molar-refractivity contribution in [3.05, 3.63) is 11.3 Å². The summed E-state index contributed by atoms with van der Waals surface area (Å²) in [6.07, 6.45) is 5.05. The lowest BCUT2D eigenvalue weighted by Crippen LogP contribution is -2.28. The molecule has 16 heavy (non-hydrogen) atoms. The fourth-order valence-corrected chi connectivity index (χ4v) is 2.42. The fraction of sp³-hybridized carbons (Fsp3) is 0.444. The largest absolute Gasteiger partial charge is 0.392 e. The summed E-state index contributed by atoms with van der Waals surface area (Å²) in [5.74, 6) is 2.23. The van der Waals surface area contributed by atoms with Crippen LogP contribution in [0.2, 0.25) is 0 Å². The molecule has 2 N–H and O–H groups in total. The number of hydrogen-bond donors (Lipinski definition) is 2. The molecule has 0 unspecified atom stereocenters. The van der Waals surface area contributed by atoms with Crippen LogP contribution < -0.4 is 0 Å². The first-order valence-corrected chi connectivity index (χ1v) is 5.93. The lowest BCUT2D eigenvalue weighted by atomic mass is 10.3. The van der Waals surface area contributed by atoms with Crippen molar-refractivity contribution in [1.82, 2.24) is 14.5 Å². The van der Waals surface area contributed by atoms with Crippen LogP contribution in [0, 0.1) is 19.3 Å². The number of sulfonamides is 1. The number of aromatic amines is 1. The van der Waals surface area contributed by atoms with Crippen molar-refractivity contribution in [3.8, 4) is 12.3 Å². The molecule has 0 fully saturated rings. The van der Waals surface area contributed by atoms with Crippen LogP contribution in [0.4, 0.5) is 0 Å². The van der Waals surface area contributed by atoms with Crippen molar-refractivity contribution < 1.29 is 13.5 Å². The van der Waals surface area contributed by atoms with Gasteiger partial charge in [-0.3, -0.25) is 5.10 Å². The topological polar surface area (TPSA) is 86.3 Å². The van der Waals surface area contributed by atoms with Crippen LogP contribution in [0.25, 0.3) is 0 Å². The maximum absolute atomic E-state index is 12.0. The van der Waals surface area contributed by atoms with Gasteiger partial charge in [-0.05, 0) is 6.92 Å². The zero-order chi connectivity index (χ0) is 12.3. The molecule has 7 heteroatoms. The number of aliphatic hydroxyl groups is 1. The summed E-state index contributed by atoms with van der Waals surface area (Å²) < 4.78 is 24.9. The van der Waals surface area contributed by atoms with Crippen molar-refractivity contribution in [3.63, 3.8) is 0 Å². The monoisotopic (exact) mass is 243 g/mol. The van der Waals surface area contributed by atoms with Crippen LogP contribution in [-0.4, -0.2) is 41.6 Å². The SMILES string of the molecule is C#CCN(C)S(=O)(=O)c1n[nH]c(C)c1CO. The molecule has 0 saturated carbocycles. The van der Waals surface area contributed by atoms with Gasteiger partial charge in [0.2, 0.25) is 0 Å². The molecule has 0 aliphatic rings. The van der Waals surface area contributed by atoms with E-state index in [0.29, 0.717) is 5.69 Å². The van der Waals surface area contributed by atoms with Gasteiger partial charge in [0, 0.05) is 18.3 Å². The molecule has 88 valence electrons. The van der Waals surface area contributed by atoms with Crippen LogP contribution in [0.1, 0.15) is 11.3 Å². The third-order valence-corrected chi connectivity index (χ3v) is 3.94. The summed E-state index contributed by atoms with van der Waals surface area (Å²) in [5.41, 5.74) is 0.791. The third-order valence-electron chi connectivity index (χ3n) is 2.16. The molecule has 0 amide bonds. The molecule has 1 aromatic rings. The summed E-state index contributed by atoms with van der Waals surface area (Å²) in [6.45, 7) is 1.21. The van der Waals surface area contributed by atoms with E-state index in [1.54, 1.807) is 6.92 Å². The van der Waals surface area contributed by atoms with E-state index in [0.717, 1.165) is 4.31 Å². The lowest BCUT2D eigenvalue weighted by molar-refractivity contribution is 0.277. The van der Waals surface area contributed by atoms with E-state index in [4.69, 9.17) is 11.5 Å². The van der Waals surface area contributed by atoms with Gasteiger partial charge in [-0.15, -0.1) is 6.42 Å². The van der Waals surface area contributed by atoms with Gasteiger partial charge in [0.15, 0.2) is 5.03 Å². The van der Waals surface area contributed by atoms with E-state index >= 15 is 0 Å². The van der Waals surface area contributed by atoms with Gasteiger partial charge in [0.25, 0.3) is 10.0 Å². The molecule has 0 atom stereocenters. The lowest BCUT2D eigenvalue weighted by Gasteiger charge is -2.12. The maximum Gasteiger partial charge on any atom is 0.263 e. The van der Waals surface area contributed by atoms with Crippen molar-refractivity contribution in [2.24, 2.45) is 0 Å². The van der Waals surface area contributed by atoms with Gasteiger partial charge in [-0.1, -0.05) is 5.92 Å². The van der Waals surface area contributed by atoms with Crippen LogP contribution in [0.5, 0.6) is 0 Å². The minimum Gasteiger partial charge on any atom is -0.392 e.